The predicted molar refractivity (Wildman–Crippen MR) is 168 cm³/mol. The van der Waals surface area contributed by atoms with Crippen LogP contribution in [0, 0.1) is 62.3 Å². The van der Waals surface area contributed by atoms with E-state index >= 15 is 0 Å². The molecule has 0 saturated heterocycles. The van der Waals surface area contributed by atoms with Gasteiger partial charge in [0.2, 0.25) is 10.0 Å². The Morgan fingerprint density at radius 3 is 1.29 bits per heavy atom. The van der Waals surface area contributed by atoms with Gasteiger partial charge in [-0.05, 0) is 118 Å². The van der Waals surface area contributed by atoms with Gasteiger partial charge in [0.15, 0.2) is 0 Å². The minimum Gasteiger partial charge on any atom is -0.322 e. The summed E-state index contributed by atoms with van der Waals surface area (Å²) < 4.78 is 29.5. The fourth-order valence-corrected chi connectivity index (χ4v) is 7.08. The van der Waals surface area contributed by atoms with E-state index in [1.54, 1.807) is 0 Å². The average molecular weight is 658 g/mol. The molecule has 0 amide bonds. The molecule has 0 aliphatic heterocycles. The third-order valence-corrected chi connectivity index (χ3v) is 9.98. The molecule has 0 bridgehead atoms. The van der Waals surface area contributed by atoms with Crippen LogP contribution in [0.15, 0.2) is 77.7 Å². The van der Waals surface area contributed by atoms with Gasteiger partial charge in [0.25, 0.3) is 0 Å². The van der Waals surface area contributed by atoms with Gasteiger partial charge in [0.05, 0.1) is 17.0 Å². The summed E-state index contributed by atoms with van der Waals surface area (Å²) in [6, 6.07) is 21.7. The molecule has 0 spiro atoms. The Kier molecular flexibility index (Phi) is 12.2. The van der Waals surface area contributed by atoms with Crippen LogP contribution in [0.5, 0.6) is 0 Å². The van der Waals surface area contributed by atoms with E-state index < -0.39 is 22.1 Å². The van der Waals surface area contributed by atoms with Crippen molar-refractivity contribution in [3.05, 3.63) is 134 Å². The molecule has 0 aromatic heterocycles. The summed E-state index contributed by atoms with van der Waals surface area (Å²) >= 11 is 0. The number of sulfonamides is 1. The van der Waals surface area contributed by atoms with Crippen LogP contribution in [0.25, 0.3) is 0 Å². The predicted octanol–water partition coefficient (Wildman–Crippen LogP) is 7.87. The molecule has 0 aliphatic carbocycles. The standard InChI is InChI=1S/C23H26N2O2S.C12H18.Ru/c1-16-14-17(2)23(18(3)15-16)28(26,27)25-22(20-12-8-5-9-13-20)21(24)19-10-6-4-7-11-19;1-7-8(2)10(4)12(6)11(5)9(7)3;/h4-15,21-22,25H,24H2,1-3H3;1-6H3;/t21-,22-;;/m0../s1. The second-order valence-electron chi connectivity index (χ2n) is 10.9. The molecule has 2 atom stereocenters. The number of rotatable bonds is 6. The minimum atomic E-state index is -3.77. The third-order valence-electron chi connectivity index (χ3n) is 8.23. The van der Waals surface area contributed by atoms with Gasteiger partial charge in [0.1, 0.15) is 0 Å². The van der Waals surface area contributed by atoms with Crippen molar-refractivity contribution in [3.63, 3.8) is 0 Å². The fourth-order valence-electron chi connectivity index (χ4n) is 5.38. The summed E-state index contributed by atoms with van der Waals surface area (Å²) in [5, 5.41) is 0. The molecule has 0 heterocycles. The molecule has 0 fully saturated rings. The molecule has 3 N–H and O–H groups in total. The van der Waals surface area contributed by atoms with Gasteiger partial charge in [-0.3, -0.25) is 0 Å². The first-order valence-corrected chi connectivity index (χ1v) is 15.2. The van der Waals surface area contributed by atoms with Crippen LogP contribution in [0.3, 0.4) is 0 Å². The first-order chi connectivity index (χ1) is 18.8. The normalized spacial score (nSPS) is 12.5. The molecule has 41 heavy (non-hydrogen) atoms. The minimum absolute atomic E-state index is 0. The van der Waals surface area contributed by atoms with E-state index in [1.807, 2.05) is 93.6 Å². The monoisotopic (exact) mass is 658 g/mol. The van der Waals surface area contributed by atoms with E-state index in [9.17, 15) is 8.42 Å². The summed E-state index contributed by atoms with van der Waals surface area (Å²) in [5.74, 6) is 0. The van der Waals surface area contributed by atoms with Crippen LogP contribution in [-0.2, 0) is 29.5 Å². The Balaban J connectivity index is 0.000000381. The molecule has 4 nitrogen and oxygen atoms in total. The van der Waals surface area contributed by atoms with Crippen molar-refractivity contribution < 1.29 is 27.9 Å². The molecule has 6 heteroatoms. The number of benzene rings is 4. The first kappa shape index (κ1) is 34.6. The van der Waals surface area contributed by atoms with Crippen molar-refractivity contribution in [2.45, 2.75) is 79.3 Å². The molecule has 0 unspecified atom stereocenters. The second-order valence-corrected chi connectivity index (χ2v) is 12.6. The van der Waals surface area contributed by atoms with Gasteiger partial charge in [-0.15, -0.1) is 0 Å². The van der Waals surface area contributed by atoms with Crippen molar-refractivity contribution in [1.82, 2.24) is 4.72 Å². The zero-order valence-electron chi connectivity index (χ0n) is 25.7. The van der Waals surface area contributed by atoms with Gasteiger partial charge < -0.3 is 5.73 Å². The number of hydrogen-bond donors (Lipinski definition) is 2. The van der Waals surface area contributed by atoms with Crippen LogP contribution < -0.4 is 10.5 Å². The summed E-state index contributed by atoms with van der Waals surface area (Å²) in [4.78, 5) is 0.319. The Bertz CT molecular complexity index is 1460. The molecule has 220 valence electrons. The maximum absolute atomic E-state index is 13.3. The molecular weight excluding hydrogens is 614 g/mol. The smallest absolute Gasteiger partial charge is 0.241 e. The molecule has 4 aromatic rings. The van der Waals surface area contributed by atoms with Crippen LogP contribution in [0.2, 0.25) is 0 Å². The van der Waals surface area contributed by atoms with Gasteiger partial charge in [-0.2, -0.15) is 0 Å². The van der Waals surface area contributed by atoms with Crippen molar-refractivity contribution >= 4 is 10.0 Å². The van der Waals surface area contributed by atoms with Gasteiger partial charge in [0, 0.05) is 19.5 Å². The zero-order valence-corrected chi connectivity index (χ0v) is 28.3. The number of hydrogen-bond acceptors (Lipinski definition) is 3. The van der Waals surface area contributed by atoms with Crippen molar-refractivity contribution in [1.29, 1.82) is 0 Å². The van der Waals surface area contributed by atoms with E-state index in [-0.39, 0.29) is 19.5 Å². The number of nitrogens with two attached hydrogens (primary N) is 1. The van der Waals surface area contributed by atoms with E-state index in [4.69, 9.17) is 5.73 Å². The topological polar surface area (TPSA) is 72.2 Å². The summed E-state index contributed by atoms with van der Waals surface area (Å²) in [6.07, 6.45) is 0. The van der Waals surface area contributed by atoms with Gasteiger partial charge >= 0.3 is 0 Å². The van der Waals surface area contributed by atoms with Crippen molar-refractivity contribution in [2.75, 3.05) is 0 Å². The number of nitrogens with one attached hydrogen (secondary N) is 1. The molecule has 0 radical (unpaired) electrons. The fraction of sp³-hybridized carbons (Fsp3) is 0.314. The first-order valence-electron chi connectivity index (χ1n) is 13.8. The molecule has 4 rings (SSSR count). The van der Waals surface area contributed by atoms with Crippen molar-refractivity contribution in [3.8, 4) is 0 Å². The van der Waals surface area contributed by atoms with E-state index in [2.05, 4.69) is 46.3 Å². The Morgan fingerprint density at radius 2 is 0.927 bits per heavy atom. The zero-order chi connectivity index (χ0) is 29.8. The third kappa shape index (κ3) is 8.02. The summed E-state index contributed by atoms with van der Waals surface area (Å²) in [7, 11) is -3.77. The SMILES string of the molecule is Cc1c(C)c(C)c(C)c(C)c1C.Cc1cc(C)c(S(=O)(=O)N[C@@H](c2ccccc2)[C@@H](N)c2ccccc2)c(C)c1.[Ru]. The summed E-state index contributed by atoms with van der Waals surface area (Å²) in [6.45, 7) is 18.9. The Hall–Kier alpha value is -2.63. The van der Waals surface area contributed by atoms with Crippen molar-refractivity contribution in [2.24, 2.45) is 5.73 Å². The number of aryl methyl sites for hydroxylation is 3. The van der Waals surface area contributed by atoms with E-state index in [0.29, 0.717) is 4.90 Å². The van der Waals surface area contributed by atoms with E-state index in [1.165, 1.54) is 33.4 Å². The molecule has 4 aromatic carbocycles. The summed E-state index contributed by atoms with van der Waals surface area (Å²) in [5.41, 5.74) is 19.4. The molecular formula is C35H44N2O2RuS. The Morgan fingerprint density at radius 1 is 0.585 bits per heavy atom. The molecule has 0 saturated carbocycles. The quantitative estimate of drug-likeness (QED) is 0.208. The van der Waals surface area contributed by atoms with Crippen LogP contribution >= 0.6 is 0 Å². The second kappa shape index (κ2) is 14.5. The maximum Gasteiger partial charge on any atom is 0.241 e. The largest absolute Gasteiger partial charge is 0.322 e. The maximum atomic E-state index is 13.3. The van der Waals surface area contributed by atoms with E-state index in [0.717, 1.165) is 27.8 Å². The Labute approximate surface area is 260 Å². The average Bonchev–Trinajstić information content (AvgIpc) is 2.93. The van der Waals surface area contributed by atoms with Crippen LogP contribution in [0.1, 0.15) is 73.3 Å². The van der Waals surface area contributed by atoms with Crippen LogP contribution in [0.4, 0.5) is 0 Å². The van der Waals surface area contributed by atoms with Gasteiger partial charge in [-0.1, -0.05) is 78.4 Å². The molecule has 0 aliphatic rings. The van der Waals surface area contributed by atoms with Gasteiger partial charge in [-0.25, -0.2) is 13.1 Å². The van der Waals surface area contributed by atoms with Crippen LogP contribution in [-0.4, -0.2) is 8.42 Å².